The van der Waals surface area contributed by atoms with Gasteiger partial charge in [-0.25, -0.2) is 4.98 Å². The summed E-state index contributed by atoms with van der Waals surface area (Å²) in [5.74, 6) is -1.23. The van der Waals surface area contributed by atoms with Crippen molar-refractivity contribution in [2.45, 2.75) is 6.92 Å². The average Bonchev–Trinajstić information content (AvgIpc) is 2.89. The van der Waals surface area contributed by atoms with Crippen molar-refractivity contribution >= 4 is 38.4 Å². The largest absolute Gasteiger partial charge is 0.298 e. The van der Waals surface area contributed by atoms with Gasteiger partial charge in [-0.2, -0.15) is 0 Å². The Labute approximate surface area is 125 Å². The first kappa shape index (κ1) is 13.5. The van der Waals surface area contributed by atoms with E-state index in [9.17, 15) is 9.59 Å². The second-order valence-corrected chi connectivity index (χ2v) is 5.67. The van der Waals surface area contributed by atoms with Gasteiger partial charge in [0.15, 0.2) is 5.13 Å². The molecule has 0 aliphatic carbocycles. The fraction of sp³-hybridized carbons (Fsp3) is 0.0625. The summed E-state index contributed by atoms with van der Waals surface area (Å²) in [5, 5.41) is 3.00. The predicted molar refractivity (Wildman–Crippen MR) is 83.8 cm³/mol. The van der Waals surface area contributed by atoms with Crippen LogP contribution in [0, 0.1) is 6.92 Å². The Morgan fingerprint density at radius 3 is 2.48 bits per heavy atom. The van der Waals surface area contributed by atoms with Crippen LogP contribution in [-0.4, -0.2) is 16.7 Å². The van der Waals surface area contributed by atoms with Crippen LogP contribution in [0.1, 0.15) is 15.9 Å². The summed E-state index contributed by atoms with van der Waals surface area (Å²) in [6.45, 7) is 1.93. The first-order chi connectivity index (χ1) is 10.1. The fourth-order valence-electron chi connectivity index (χ4n) is 1.92. The molecule has 0 aliphatic rings. The van der Waals surface area contributed by atoms with Crippen LogP contribution in [0.5, 0.6) is 0 Å². The number of benzene rings is 2. The number of carbonyl (C=O) groups excluding carboxylic acids is 2. The highest BCUT2D eigenvalue weighted by molar-refractivity contribution is 7.22. The molecule has 104 valence electrons. The lowest BCUT2D eigenvalue weighted by Crippen LogP contribution is -2.22. The standard InChI is InChI=1S/C16H12N2O2S/c1-10-6-8-11(9-7-10)14(19)15(20)18-16-17-12-4-2-3-5-13(12)21-16/h2-9H,1H3,(H,17,18,20). The van der Waals surface area contributed by atoms with Crippen LogP contribution in [0.25, 0.3) is 10.2 Å². The number of fused-ring (bicyclic) bond motifs is 1. The number of nitrogens with zero attached hydrogens (tertiary/aromatic N) is 1. The number of amides is 1. The number of hydrogen-bond donors (Lipinski definition) is 1. The van der Waals surface area contributed by atoms with E-state index in [0.29, 0.717) is 10.7 Å². The van der Waals surface area contributed by atoms with Crippen molar-refractivity contribution in [3.63, 3.8) is 0 Å². The van der Waals surface area contributed by atoms with Gasteiger partial charge >= 0.3 is 0 Å². The molecule has 1 N–H and O–H groups in total. The van der Waals surface area contributed by atoms with E-state index in [4.69, 9.17) is 0 Å². The second-order valence-electron chi connectivity index (χ2n) is 4.64. The Morgan fingerprint density at radius 1 is 1.05 bits per heavy atom. The van der Waals surface area contributed by atoms with E-state index in [0.717, 1.165) is 15.8 Å². The number of rotatable bonds is 3. The molecule has 0 spiro atoms. The number of Topliss-reactive ketones (excluding diaryl/α,β-unsaturated/α-hetero) is 1. The van der Waals surface area contributed by atoms with Gasteiger partial charge in [0.2, 0.25) is 0 Å². The van der Waals surface area contributed by atoms with Gasteiger partial charge in [-0.05, 0) is 19.1 Å². The maximum Gasteiger partial charge on any atom is 0.298 e. The molecule has 4 nitrogen and oxygen atoms in total. The molecule has 0 bridgehead atoms. The van der Waals surface area contributed by atoms with E-state index in [1.165, 1.54) is 11.3 Å². The van der Waals surface area contributed by atoms with Crippen LogP contribution in [0.2, 0.25) is 0 Å². The van der Waals surface area contributed by atoms with Crippen molar-refractivity contribution in [3.8, 4) is 0 Å². The monoisotopic (exact) mass is 296 g/mol. The minimum absolute atomic E-state index is 0.374. The topological polar surface area (TPSA) is 59.1 Å². The van der Waals surface area contributed by atoms with Gasteiger partial charge in [-0.3, -0.25) is 14.9 Å². The SMILES string of the molecule is Cc1ccc(C(=O)C(=O)Nc2nc3ccccc3s2)cc1. The Hall–Kier alpha value is -2.53. The smallest absolute Gasteiger partial charge is 0.295 e. The van der Waals surface area contributed by atoms with Gasteiger partial charge < -0.3 is 0 Å². The molecule has 3 aromatic rings. The minimum Gasteiger partial charge on any atom is -0.295 e. The number of anilines is 1. The fourth-order valence-corrected chi connectivity index (χ4v) is 2.78. The van der Waals surface area contributed by atoms with Crippen molar-refractivity contribution in [3.05, 3.63) is 59.7 Å². The lowest BCUT2D eigenvalue weighted by Gasteiger charge is -2.01. The Balaban J connectivity index is 1.79. The number of para-hydroxylation sites is 1. The number of aromatic nitrogens is 1. The van der Waals surface area contributed by atoms with Crippen molar-refractivity contribution in [1.82, 2.24) is 4.98 Å². The van der Waals surface area contributed by atoms with Crippen molar-refractivity contribution in [2.24, 2.45) is 0 Å². The van der Waals surface area contributed by atoms with Gasteiger partial charge in [-0.1, -0.05) is 53.3 Å². The highest BCUT2D eigenvalue weighted by Gasteiger charge is 2.17. The number of ketones is 1. The van der Waals surface area contributed by atoms with E-state index in [1.807, 2.05) is 31.2 Å². The molecule has 0 saturated carbocycles. The summed E-state index contributed by atoms with van der Waals surface area (Å²) in [4.78, 5) is 28.3. The summed E-state index contributed by atoms with van der Waals surface area (Å²) < 4.78 is 0.968. The lowest BCUT2D eigenvalue weighted by atomic mass is 10.1. The summed E-state index contributed by atoms with van der Waals surface area (Å²) in [5.41, 5.74) is 2.22. The van der Waals surface area contributed by atoms with Crippen molar-refractivity contribution in [1.29, 1.82) is 0 Å². The van der Waals surface area contributed by atoms with E-state index in [2.05, 4.69) is 10.3 Å². The number of thiazole rings is 1. The van der Waals surface area contributed by atoms with Crippen LogP contribution in [-0.2, 0) is 4.79 Å². The summed E-state index contributed by atoms with van der Waals surface area (Å²) >= 11 is 1.35. The highest BCUT2D eigenvalue weighted by Crippen LogP contribution is 2.25. The lowest BCUT2D eigenvalue weighted by molar-refractivity contribution is -0.112. The number of nitrogens with one attached hydrogen (secondary N) is 1. The maximum absolute atomic E-state index is 12.0. The number of aryl methyl sites for hydroxylation is 1. The van der Waals surface area contributed by atoms with Crippen LogP contribution in [0.4, 0.5) is 5.13 Å². The molecule has 0 atom stereocenters. The van der Waals surface area contributed by atoms with Crippen LogP contribution < -0.4 is 5.32 Å². The Kier molecular flexibility index (Phi) is 3.50. The summed E-state index contributed by atoms with van der Waals surface area (Å²) in [6, 6.07) is 14.5. The van der Waals surface area contributed by atoms with E-state index in [-0.39, 0.29) is 0 Å². The Bertz CT molecular complexity index is 789. The minimum atomic E-state index is -0.669. The van der Waals surface area contributed by atoms with E-state index in [1.54, 1.807) is 24.3 Å². The quantitative estimate of drug-likeness (QED) is 0.595. The van der Waals surface area contributed by atoms with Gasteiger partial charge in [0, 0.05) is 5.56 Å². The predicted octanol–water partition coefficient (Wildman–Crippen LogP) is 3.43. The first-order valence-electron chi connectivity index (χ1n) is 6.41. The third-order valence-electron chi connectivity index (χ3n) is 3.03. The van der Waals surface area contributed by atoms with Gasteiger partial charge in [-0.15, -0.1) is 0 Å². The zero-order chi connectivity index (χ0) is 14.8. The normalized spacial score (nSPS) is 10.5. The zero-order valence-electron chi connectivity index (χ0n) is 11.3. The van der Waals surface area contributed by atoms with Gasteiger partial charge in [0.1, 0.15) is 0 Å². The highest BCUT2D eigenvalue weighted by atomic mass is 32.1. The first-order valence-corrected chi connectivity index (χ1v) is 7.23. The average molecular weight is 296 g/mol. The molecule has 0 aliphatic heterocycles. The number of hydrogen-bond acceptors (Lipinski definition) is 4. The zero-order valence-corrected chi connectivity index (χ0v) is 12.1. The molecule has 3 rings (SSSR count). The third kappa shape index (κ3) is 2.83. The molecule has 0 fully saturated rings. The van der Waals surface area contributed by atoms with E-state index >= 15 is 0 Å². The number of carbonyl (C=O) groups is 2. The molecular formula is C16H12N2O2S. The molecule has 1 heterocycles. The van der Waals surface area contributed by atoms with Crippen molar-refractivity contribution in [2.75, 3.05) is 5.32 Å². The third-order valence-corrected chi connectivity index (χ3v) is 3.99. The molecule has 21 heavy (non-hydrogen) atoms. The van der Waals surface area contributed by atoms with Crippen LogP contribution in [0.3, 0.4) is 0 Å². The second kappa shape index (κ2) is 5.46. The summed E-state index contributed by atoms with van der Waals surface area (Å²) in [6.07, 6.45) is 0. The molecule has 5 heteroatoms. The van der Waals surface area contributed by atoms with Gasteiger partial charge in [0.25, 0.3) is 11.7 Å². The van der Waals surface area contributed by atoms with Crippen molar-refractivity contribution < 1.29 is 9.59 Å². The maximum atomic E-state index is 12.0. The molecule has 0 saturated heterocycles. The molecule has 2 aromatic carbocycles. The molecule has 1 amide bonds. The summed E-state index contributed by atoms with van der Waals surface area (Å²) in [7, 11) is 0. The molecular weight excluding hydrogens is 284 g/mol. The van der Waals surface area contributed by atoms with E-state index < -0.39 is 11.7 Å². The molecule has 0 radical (unpaired) electrons. The van der Waals surface area contributed by atoms with Gasteiger partial charge in [0.05, 0.1) is 10.2 Å². The van der Waals surface area contributed by atoms with Crippen LogP contribution in [0.15, 0.2) is 48.5 Å². The Morgan fingerprint density at radius 2 is 1.76 bits per heavy atom. The molecule has 0 unspecified atom stereocenters. The molecule has 1 aromatic heterocycles. The van der Waals surface area contributed by atoms with Crippen LogP contribution >= 0.6 is 11.3 Å².